The van der Waals surface area contributed by atoms with Gasteiger partial charge in [-0.15, -0.1) is 0 Å². The Hall–Kier alpha value is -1.04. The molecular weight excluding hydrogens is 759 g/mol. The van der Waals surface area contributed by atoms with Gasteiger partial charge in [-0.25, -0.2) is 0 Å². The summed E-state index contributed by atoms with van der Waals surface area (Å²) in [7, 11) is 0. The molecule has 0 rings (SSSR count). The van der Waals surface area contributed by atoms with Crippen molar-refractivity contribution in [2.45, 2.75) is 242 Å². The van der Waals surface area contributed by atoms with Gasteiger partial charge in [-0.3, -0.25) is 0 Å². The number of hydrogen-bond donors (Lipinski definition) is 0. The van der Waals surface area contributed by atoms with Crippen molar-refractivity contribution >= 4 is 31.7 Å². The van der Waals surface area contributed by atoms with Gasteiger partial charge in [-0.2, -0.15) is 0 Å². The zero-order valence-corrected chi connectivity index (χ0v) is 39.3. The SMILES string of the molecule is CCCCCCCC/C=C\CCCCCCCCOC(=O)/C=[C](\C(=O)OCCCCCCCC/C=C\CCCCCCCC)[SnH]([CH2]CCC)[CH2]CCC. The fraction of sp³-hybridized carbons (Fsp3) is 0.833. The molecule has 0 aromatic carbocycles. The molecule has 0 unspecified atom stereocenters. The van der Waals surface area contributed by atoms with Gasteiger partial charge in [-0.1, -0.05) is 96.3 Å². The van der Waals surface area contributed by atoms with Crippen LogP contribution in [0.15, 0.2) is 34.0 Å². The number of ether oxygens (including phenoxy) is 2. The van der Waals surface area contributed by atoms with Crippen LogP contribution in [0.2, 0.25) is 8.87 Å². The van der Waals surface area contributed by atoms with Crippen LogP contribution in [0.4, 0.5) is 0 Å². The van der Waals surface area contributed by atoms with E-state index in [-0.39, 0.29) is 11.9 Å². The number of carbonyl (C=O) groups is 2. The van der Waals surface area contributed by atoms with Crippen molar-refractivity contribution in [3.63, 3.8) is 0 Å². The van der Waals surface area contributed by atoms with Crippen LogP contribution in [-0.2, 0) is 19.1 Å². The molecule has 0 aliphatic rings. The summed E-state index contributed by atoms with van der Waals surface area (Å²) in [5.41, 5.74) is 0. The first-order valence-corrected chi connectivity index (χ1v) is 29.8. The fourth-order valence-electron chi connectivity index (χ4n) is 6.99. The minimum absolute atomic E-state index is 0.222. The summed E-state index contributed by atoms with van der Waals surface area (Å²) < 4.78 is 14.4. The van der Waals surface area contributed by atoms with E-state index in [9.17, 15) is 9.59 Å². The van der Waals surface area contributed by atoms with Gasteiger partial charge < -0.3 is 0 Å². The predicted octanol–water partition coefficient (Wildman–Crippen LogP) is 15.4. The monoisotopic (exact) mass is 851 g/mol. The van der Waals surface area contributed by atoms with Crippen LogP contribution in [-0.4, -0.2) is 44.9 Å². The molecular formula is C48H90O4Sn. The van der Waals surface area contributed by atoms with Crippen molar-refractivity contribution in [1.29, 1.82) is 0 Å². The molecule has 0 aliphatic heterocycles. The van der Waals surface area contributed by atoms with E-state index in [2.05, 4.69) is 52.0 Å². The molecule has 0 amide bonds. The Morgan fingerprint density at radius 2 is 0.717 bits per heavy atom. The Morgan fingerprint density at radius 3 is 1.09 bits per heavy atom. The average molecular weight is 850 g/mol. The van der Waals surface area contributed by atoms with Gasteiger partial charge in [-0.05, 0) is 25.7 Å². The first-order chi connectivity index (χ1) is 26.1. The number of allylic oxidation sites excluding steroid dienone is 4. The molecule has 0 atom stereocenters. The van der Waals surface area contributed by atoms with Crippen LogP contribution in [0.5, 0.6) is 0 Å². The third-order valence-corrected chi connectivity index (χ3v) is 20.5. The summed E-state index contributed by atoms with van der Waals surface area (Å²) in [6.45, 7) is 9.87. The topological polar surface area (TPSA) is 52.6 Å². The Bertz CT molecular complexity index is 871. The summed E-state index contributed by atoms with van der Waals surface area (Å²) in [5.74, 6) is -0.559. The number of esters is 2. The van der Waals surface area contributed by atoms with Gasteiger partial charge in [0.15, 0.2) is 0 Å². The number of unbranched alkanes of at least 4 members (excludes halogenated alkanes) is 26. The quantitative estimate of drug-likeness (QED) is 0.0202. The Balaban J connectivity index is 4.33. The van der Waals surface area contributed by atoms with Gasteiger partial charge in [0.25, 0.3) is 0 Å². The van der Waals surface area contributed by atoms with E-state index >= 15 is 0 Å². The molecule has 0 saturated heterocycles. The van der Waals surface area contributed by atoms with E-state index in [1.54, 1.807) is 6.08 Å². The summed E-state index contributed by atoms with van der Waals surface area (Å²) in [6.07, 6.45) is 50.9. The average Bonchev–Trinajstić information content (AvgIpc) is 3.16. The number of hydrogen-bond acceptors (Lipinski definition) is 4. The molecule has 0 bridgehead atoms. The van der Waals surface area contributed by atoms with Crippen LogP contribution in [0.1, 0.15) is 233 Å². The zero-order valence-electron chi connectivity index (χ0n) is 36.1. The zero-order chi connectivity index (χ0) is 38.7. The normalized spacial score (nSPS) is 12.1. The van der Waals surface area contributed by atoms with Crippen molar-refractivity contribution in [2.24, 2.45) is 0 Å². The van der Waals surface area contributed by atoms with Gasteiger partial charge >= 0.3 is 218 Å². The van der Waals surface area contributed by atoms with Crippen LogP contribution in [0, 0.1) is 0 Å². The van der Waals surface area contributed by atoms with Crippen molar-refractivity contribution in [2.75, 3.05) is 13.2 Å². The molecule has 0 heterocycles. The summed E-state index contributed by atoms with van der Waals surface area (Å²) >= 11 is -2.45. The van der Waals surface area contributed by atoms with E-state index in [0.717, 1.165) is 63.8 Å². The molecule has 0 aromatic rings. The van der Waals surface area contributed by atoms with Crippen LogP contribution < -0.4 is 0 Å². The molecule has 53 heavy (non-hydrogen) atoms. The standard InChI is InChI=1S/C40H71O4.2C4H9.Sn.H/c1-3-5-7-9-11-13-15-17-19-21-23-25-27-29-31-33-37-43-39(41)35-36-40(42)44-38-34-32-30-28-26-24-22-20-18-16-14-12-10-8-6-4-2;2*1-3-4-2;;/h17-20,35H,3-16,21-34,37-38H2,1-2H3;2*1,3-4H2,2H3;;/b19-17-,20-18-,36-35?;;;;. The molecule has 0 N–H and O–H groups in total. The maximum atomic E-state index is 13.4. The third kappa shape index (κ3) is 37.6. The van der Waals surface area contributed by atoms with Crippen molar-refractivity contribution < 1.29 is 19.1 Å². The van der Waals surface area contributed by atoms with Gasteiger partial charge in [0, 0.05) is 0 Å². The van der Waals surface area contributed by atoms with Crippen LogP contribution in [0.3, 0.4) is 0 Å². The molecule has 5 heteroatoms. The van der Waals surface area contributed by atoms with E-state index in [0.29, 0.717) is 13.2 Å². The van der Waals surface area contributed by atoms with E-state index in [1.165, 1.54) is 154 Å². The van der Waals surface area contributed by atoms with Crippen LogP contribution >= 0.6 is 0 Å². The second-order valence-electron chi connectivity index (χ2n) is 15.8. The maximum absolute atomic E-state index is 13.4. The second-order valence-corrected chi connectivity index (χ2v) is 24.8. The minimum atomic E-state index is -2.45. The van der Waals surface area contributed by atoms with Crippen molar-refractivity contribution in [1.82, 2.24) is 0 Å². The molecule has 0 saturated carbocycles. The van der Waals surface area contributed by atoms with Gasteiger partial charge in [0.05, 0.1) is 0 Å². The Labute approximate surface area is 338 Å². The van der Waals surface area contributed by atoms with Crippen molar-refractivity contribution in [3.05, 3.63) is 34.0 Å². The summed E-state index contributed by atoms with van der Waals surface area (Å²) in [4.78, 5) is 26.3. The molecule has 0 fully saturated rings. The molecule has 0 aromatic heterocycles. The number of carbonyl (C=O) groups excluding carboxylic acids is 2. The molecule has 0 radical (unpaired) electrons. The Kier molecular flexibility index (Phi) is 42.8. The third-order valence-electron chi connectivity index (χ3n) is 10.6. The number of rotatable bonds is 41. The summed E-state index contributed by atoms with van der Waals surface area (Å²) in [5, 5.41) is 0. The summed E-state index contributed by atoms with van der Waals surface area (Å²) in [6, 6.07) is 0. The van der Waals surface area contributed by atoms with E-state index in [1.807, 2.05) is 0 Å². The molecule has 4 nitrogen and oxygen atoms in total. The molecule has 0 aliphatic carbocycles. The van der Waals surface area contributed by atoms with E-state index in [4.69, 9.17) is 9.47 Å². The predicted molar refractivity (Wildman–Crippen MR) is 235 cm³/mol. The van der Waals surface area contributed by atoms with Gasteiger partial charge in [0.2, 0.25) is 0 Å². The Morgan fingerprint density at radius 1 is 0.396 bits per heavy atom. The first-order valence-electron chi connectivity index (χ1n) is 23.5. The first kappa shape index (κ1) is 52.0. The fourth-order valence-corrected chi connectivity index (χ4v) is 17.0. The van der Waals surface area contributed by atoms with Crippen LogP contribution in [0.25, 0.3) is 0 Å². The second kappa shape index (κ2) is 43.7. The van der Waals surface area contributed by atoms with Crippen molar-refractivity contribution in [3.8, 4) is 0 Å². The molecule has 310 valence electrons. The van der Waals surface area contributed by atoms with Gasteiger partial charge in [0.1, 0.15) is 0 Å². The van der Waals surface area contributed by atoms with E-state index < -0.39 is 19.8 Å². The molecule has 0 spiro atoms.